The number of furan rings is 1. The lowest BCUT2D eigenvalue weighted by atomic mass is 10.1. The number of benzene rings is 1. The molecular formula is C19H19F3N2O5. The number of alkyl halides is 3. The molecule has 0 saturated carbocycles. The zero-order valence-electron chi connectivity index (χ0n) is 15.8. The van der Waals surface area contributed by atoms with E-state index in [-0.39, 0.29) is 23.1 Å². The zero-order valence-corrected chi connectivity index (χ0v) is 15.8. The monoisotopic (exact) mass is 412 g/mol. The molecule has 0 aliphatic heterocycles. The molecule has 7 nitrogen and oxygen atoms in total. The minimum absolute atomic E-state index is 0.0245. The van der Waals surface area contributed by atoms with Crippen molar-refractivity contribution in [3.63, 3.8) is 0 Å². The third-order valence-corrected chi connectivity index (χ3v) is 3.59. The van der Waals surface area contributed by atoms with E-state index in [0.717, 1.165) is 12.1 Å². The topological polar surface area (TPSA) is 97.6 Å². The first-order valence-electron chi connectivity index (χ1n) is 8.57. The number of amides is 3. The highest BCUT2D eigenvalue weighted by Crippen LogP contribution is 2.32. The molecule has 10 heteroatoms. The van der Waals surface area contributed by atoms with Crippen LogP contribution in [0, 0.1) is 0 Å². The van der Waals surface area contributed by atoms with Crippen LogP contribution in [-0.4, -0.2) is 30.1 Å². The molecule has 1 atom stereocenters. The van der Waals surface area contributed by atoms with Crippen LogP contribution in [0.3, 0.4) is 0 Å². The average molecular weight is 412 g/mol. The van der Waals surface area contributed by atoms with Gasteiger partial charge in [0.1, 0.15) is 5.76 Å². The Kier molecular flexibility index (Phi) is 6.68. The Morgan fingerprint density at radius 1 is 1.07 bits per heavy atom. The number of carbonyl (C=O) groups is 3. The molecule has 0 spiro atoms. The Labute approximate surface area is 164 Å². The first-order valence-corrected chi connectivity index (χ1v) is 8.57. The average Bonchev–Trinajstić information content (AvgIpc) is 3.10. The molecule has 0 aliphatic rings. The van der Waals surface area contributed by atoms with E-state index in [1.54, 1.807) is 13.8 Å². The minimum Gasteiger partial charge on any atom is -0.449 e. The van der Waals surface area contributed by atoms with Crippen LogP contribution in [0.1, 0.15) is 36.9 Å². The largest absolute Gasteiger partial charge is 0.449 e. The number of rotatable bonds is 5. The Morgan fingerprint density at radius 3 is 2.38 bits per heavy atom. The summed E-state index contributed by atoms with van der Waals surface area (Å²) in [5.74, 6) is -2.13. The molecule has 0 bridgehead atoms. The van der Waals surface area contributed by atoms with Crippen molar-refractivity contribution in [2.24, 2.45) is 0 Å². The van der Waals surface area contributed by atoms with Crippen LogP contribution < -0.4 is 10.6 Å². The molecule has 1 aromatic heterocycles. The molecule has 0 aliphatic carbocycles. The third-order valence-electron chi connectivity index (χ3n) is 3.59. The third kappa shape index (κ3) is 6.09. The van der Waals surface area contributed by atoms with E-state index in [9.17, 15) is 27.6 Å². The van der Waals surface area contributed by atoms with E-state index >= 15 is 0 Å². The summed E-state index contributed by atoms with van der Waals surface area (Å²) >= 11 is 0. The van der Waals surface area contributed by atoms with Crippen LogP contribution >= 0.6 is 0 Å². The van der Waals surface area contributed by atoms with Gasteiger partial charge in [0.2, 0.25) is 5.76 Å². The Hall–Kier alpha value is -3.30. The van der Waals surface area contributed by atoms with Crippen LogP contribution in [0.2, 0.25) is 0 Å². The van der Waals surface area contributed by atoms with E-state index in [1.165, 1.54) is 31.2 Å². The summed E-state index contributed by atoms with van der Waals surface area (Å²) in [4.78, 5) is 35.5. The van der Waals surface area contributed by atoms with E-state index in [1.807, 2.05) is 5.32 Å². The van der Waals surface area contributed by atoms with Crippen molar-refractivity contribution in [3.05, 3.63) is 47.7 Å². The van der Waals surface area contributed by atoms with Gasteiger partial charge in [0.05, 0.1) is 5.56 Å². The first-order chi connectivity index (χ1) is 13.5. The molecule has 2 N–H and O–H groups in total. The minimum atomic E-state index is -4.52. The standard InChI is InChI=1S/C19H19F3N2O5/c1-10(2)23-18(27)24-16(25)11(3)28-17(26)15-8-7-14(29-15)12-5-4-6-13(9-12)19(20,21)22/h4-11H,1-3H3,(H2,23,24,25,27)/t11-/m1/s1. The highest BCUT2D eigenvalue weighted by Gasteiger charge is 2.31. The van der Waals surface area contributed by atoms with E-state index in [4.69, 9.17) is 9.15 Å². The number of hydrogen-bond donors (Lipinski definition) is 2. The summed E-state index contributed by atoms with van der Waals surface area (Å²) in [5.41, 5.74) is -0.740. The molecular weight excluding hydrogens is 393 g/mol. The van der Waals surface area contributed by atoms with Gasteiger partial charge in [-0.2, -0.15) is 13.2 Å². The van der Waals surface area contributed by atoms with Gasteiger partial charge in [-0.25, -0.2) is 9.59 Å². The normalized spacial score (nSPS) is 12.4. The fourth-order valence-corrected chi connectivity index (χ4v) is 2.24. The van der Waals surface area contributed by atoms with Crippen molar-refractivity contribution in [1.29, 1.82) is 0 Å². The molecule has 156 valence electrons. The molecule has 2 aromatic rings. The fraction of sp³-hybridized carbons (Fsp3) is 0.316. The van der Waals surface area contributed by atoms with Gasteiger partial charge in [0, 0.05) is 11.6 Å². The van der Waals surface area contributed by atoms with Crippen molar-refractivity contribution in [3.8, 4) is 11.3 Å². The second kappa shape index (κ2) is 8.80. The van der Waals surface area contributed by atoms with Gasteiger partial charge in [-0.1, -0.05) is 12.1 Å². The smallest absolute Gasteiger partial charge is 0.416 e. The van der Waals surface area contributed by atoms with Crippen molar-refractivity contribution in [2.45, 2.75) is 39.1 Å². The van der Waals surface area contributed by atoms with Gasteiger partial charge in [0.15, 0.2) is 6.10 Å². The summed E-state index contributed by atoms with van der Waals surface area (Å²) in [5, 5.41) is 4.46. The molecule has 1 aromatic carbocycles. The molecule has 0 unspecified atom stereocenters. The number of ether oxygens (including phenoxy) is 1. The highest BCUT2D eigenvalue weighted by atomic mass is 19.4. The Bertz CT molecular complexity index is 905. The lowest BCUT2D eigenvalue weighted by Crippen LogP contribution is -2.46. The molecule has 0 fully saturated rings. The quantitative estimate of drug-likeness (QED) is 0.729. The second-order valence-electron chi connectivity index (χ2n) is 6.41. The van der Waals surface area contributed by atoms with Crippen LogP contribution in [0.15, 0.2) is 40.8 Å². The Balaban J connectivity index is 2.04. The van der Waals surface area contributed by atoms with Gasteiger partial charge < -0.3 is 14.5 Å². The van der Waals surface area contributed by atoms with Crippen LogP contribution in [0.5, 0.6) is 0 Å². The number of halogens is 3. The summed E-state index contributed by atoms with van der Waals surface area (Å²) in [6.45, 7) is 4.66. The first kappa shape index (κ1) is 22.0. The second-order valence-corrected chi connectivity index (χ2v) is 6.41. The summed E-state index contributed by atoms with van der Waals surface area (Å²) in [6.07, 6.45) is -5.82. The zero-order chi connectivity index (χ0) is 21.8. The van der Waals surface area contributed by atoms with Gasteiger partial charge in [0.25, 0.3) is 5.91 Å². The van der Waals surface area contributed by atoms with Crippen molar-refractivity contribution >= 4 is 17.9 Å². The van der Waals surface area contributed by atoms with E-state index < -0.39 is 35.8 Å². The number of hydrogen-bond acceptors (Lipinski definition) is 5. The lowest BCUT2D eigenvalue weighted by molar-refractivity contribution is -0.137. The van der Waals surface area contributed by atoms with E-state index in [0.29, 0.717) is 0 Å². The maximum absolute atomic E-state index is 12.8. The maximum atomic E-state index is 12.8. The number of urea groups is 1. The van der Waals surface area contributed by atoms with Gasteiger partial charge in [-0.3, -0.25) is 10.1 Å². The maximum Gasteiger partial charge on any atom is 0.416 e. The summed E-state index contributed by atoms with van der Waals surface area (Å²) < 4.78 is 48.7. The van der Waals surface area contributed by atoms with Gasteiger partial charge in [-0.15, -0.1) is 0 Å². The van der Waals surface area contributed by atoms with Crippen molar-refractivity contribution in [2.75, 3.05) is 0 Å². The van der Waals surface area contributed by atoms with E-state index in [2.05, 4.69) is 5.32 Å². The number of carbonyl (C=O) groups excluding carboxylic acids is 3. The molecule has 0 radical (unpaired) electrons. The molecule has 1 heterocycles. The molecule has 2 rings (SSSR count). The molecule has 29 heavy (non-hydrogen) atoms. The predicted molar refractivity (Wildman–Crippen MR) is 95.8 cm³/mol. The highest BCUT2D eigenvalue weighted by molar-refractivity contribution is 5.98. The number of nitrogens with one attached hydrogen (secondary N) is 2. The molecule has 3 amide bonds. The van der Waals surface area contributed by atoms with Crippen molar-refractivity contribution < 1.29 is 36.7 Å². The lowest BCUT2D eigenvalue weighted by Gasteiger charge is -2.13. The van der Waals surface area contributed by atoms with Crippen LogP contribution in [-0.2, 0) is 15.7 Å². The fourth-order valence-electron chi connectivity index (χ4n) is 2.24. The van der Waals surface area contributed by atoms with Crippen LogP contribution in [0.25, 0.3) is 11.3 Å². The SMILES string of the molecule is CC(C)NC(=O)NC(=O)[C@@H](C)OC(=O)c1ccc(-c2cccc(C(F)(F)F)c2)o1. The molecule has 0 saturated heterocycles. The summed E-state index contributed by atoms with van der Waals surface area (Å²) in [6, 6.07) is 6.01. The number of esters is 1. The van der Waals surface area contributed by atoms with Crippen molar-refractivity contribution in [1.82, 2.24) is 10.6 Å². The Morgan fingerprint density at radius 2 is 1.76 bits per heavy atom. The predicted octanol–water partition coefficient (Wildman–Crippen LogP) is 3.74. The summed E-state index contributed by atoms with van der Waals surface area (Å²) in [7, 11) is 0. The number of imide groups is 1. The van der Waals surface area contributed by atoms with Crippen LogP contribution in [0.4, 0.5) is 18.0 Å². The van der Waals surface area contributed by atoms with Gasteiger partial charge in [-0.05, 0) is 45.0 Å². The van der Waals surface area contributed by atoms with Gasteiger partial charge >= 0.3 is 18.2 Å².